The van der Waals surface area contributed by atoms with Crippen molar-refractivity contribution in [3.8, 4) is 39.3 Å². The van der Waals surface area contributed by atoms with Gasteiger partial charge in [-0.25, -0.2) is 0 Å². The minimum Gasteiger partial charge on any atom is -0.309 e. The Kier molecular flexibility index (Phi) is 2.84. The Hall–Kier alpha value is -7.62. The number of fused-ring (bicyclic) bond motifs is 9. The highest BCUT2D eigenvalue weighted by molar-refractivity contribution is 6.13. The van der Waals surface area contributed by atoms with Gasteiger partial charge in [0, 0.05) is 49.4 Å². The molecular weight excluding hydrogens is 691 g/mol. The Balaban J connectivity index is 1.27. The summed E-state index contributed by atoms with van der Waals surface area (Å²) in [6, 6.07) is -31.6. The van der Waals surface area contributed by atoms with E-state index in [1.165, 1.54) is 0 Å². The number of hydrogen-bond acceptors (Lipinski definition) is 0. The lowest BCUT2D eigenvalue weighted by atomic mass is 10.0. The van der Waals surface area contributed by atoms with E-state index in [2.05, 4.69) is 0 Å². The van der Waals surface area contributed by atoms with Crippen molar-refractivity contribution in [2.75, 3.05) is 0 Å². The fourth-order valence-electron chi connectivity index (χ4n) is 6.87. The Morgan fingerprint density at radius 1 is 0.246 bits per heavy atom. The molecule has 0 saturated heterocycles. The van der Waals surface area contributed by atoms with Gasteiger partial charge < -0.3 is 13.7 Å². The molecule has 0 unspecified atom stereocenters. The average Bonchev–Trinajstić information content (AvgIpc) is 1.54. The molecule has 0 amide bonds. The molecule has 0 radical (unpaired) electrons. The van der Waals surface area contributed by atoms with E-state index in [0.29, 0.717) is 9.13 Å². The summed E-state index contributed by atoms with van der Waals surface area (Å²) >= 11 is 0. The summed E-state index contributed by atoms with van der Waals surface area (Å²) in [7, 11) is 0. The first-order valence-corrected chi connectivity index (χ1v) is 16.8. The lowest BCUT2D eigenvalue weighted by Gasteiger charge is -2.13. The molecule has 266 valence electrons. The van der Waals surface area contributed by atoms with Crippen LogP contribution in [0.3, 0.4) is 0 Å². The Labute approximate surface area is 377 Å². The first-order valence-electron chi connectivity index (χ1n) is 33.8. The lowest BCUT2D eigenvalue weighted by molar-refractivity contribution is 1.14. The van der Waals surface area contributed by atoms with E-state index in [-0.39, 0.29) is 10.9 Å². The van der Waals surface area contributed by atoms with E-state index in [4.69, 9.17) is 27.4 Å². The number of hydrogen-bond donors (Lipinski definition) is 0. The smallest absolute Gasteiger partial charge is 0.0667 e. The SMILES string of the molecule is [2H]c1cc2c(c([2H])c1[2H])c1c([2H])c([2H])c([2H])c([2H])c1n2-c1c([2H])c([2H])c2c3c([2H])c([2H])c([2H])c([2H])c3n(-c3c([2H])c([2H])c4c5c([2H])c([2H])c([2H])c([2H])c5n(-c5c([2H])c([2H])c(-c6c([2H])c([2H])c(-c7c([2H])c([2H])c([2H])c([2H])c7[2H])c([2H])c6[2H])c([2H])c5[2H])c4c3[2H])c2c1[2H]. The zero-order valence-electron chi connectivity index (χ0n) is 62.4. The molecule has 0 fully saturated rings. The molecule has 12 aromatic rings. The molecule has 3 heterocycles. The van der Waals surface area contributed by atoms with Gasteiger partial charge in [-0.3, -0.25) is 0 Å². The Bertz CT molecular complexity index is 5440. The molecule has 3 nitrogen and oxygen atoms in total. The normalized spacial score (nSPS) is 20.2. The van der Waals surface area contributed by atoms with Crippen molar-refractivity contribution in [1.29, 1.82) is 0 Å². The van der Waals surface area contributed by atoms with Crippen LogP contribution in [-0.2, 0) is 0 Å². The largest absolute Gasteiger partial charge is 0.309 e. The highest BCUT2D eigenvalue weighted by atomic mass is 15.0. The average molecular weight is 760 g/mol. The molecule has 0 atom stereocenters. The highest BCUT2D eigenvalue weighted by Crippen LogP contribution is 2.39. The van der Waals surface area contributed by atoms with Gasteiger partial charge >= 0.3 is 0 Å². The molecule has 57 heavy (non-hydrogen) atoms. The number of benzene rings is 9. The number of aromatic nitrogens is 3. The third kappa shape index (κ3) is 4.86. The van der Waals surface area contributed by atoms with E-state index in [0.717, 1.165) is 10.6 Å². The van der Waals surface area contributed by atoms with Gasteiger partial charge in [0.15, 0.2) is 0 Å². The predicted octanol–water partition coefficient (Wildman–Crippen LogP) is 14.3. The van der Waals surface area contributed by atoms with Crippen molar-refractivity contribution in [1.82, 2.24) is 13.7 Å². The van der Waals surface area contributed by atoms with Gasteiger partial charge in [-0.1, -0.05) is 151 Å². The minimum atomic E-state index is -1.18. The first kappa shape index (κ1) is 13.0. The monoisotopic (exact) mass is 759 g/mol. The van der Waals surface area contributed by atoms with Crippen LogP contribution in [0.15, 0.2) is 212 Å². The molecule has 0 bridgehead atoms. The van der Waals surface area contributed by atoms with Gasteiger partial charge in [0.25, 0.3) is 0 Å². The van der Waals surface area contributed by atoms with Crippen molar-refractivity contribution in [2.45, 2.75) is 0 Å². The second-order valence-corrected chi connectivity index (χ2v) is 12.3. The van der Waals surface area contributed by atoms with Crippen molar-refractivity contribution in [2.24, 2.45) is 0 Å². The maximum absolute atomic E-state index is 10.3. The summed E-state index contributed by atoms with van der Waals surface area (Å²) in [6.45, 7) is 0. The Morgan fingerprint density at radius 2 is 0.579 bits per heavy atom. The van der Waals surface area contributed by atoms with Gasteiger partial charge in [0.05, 0.1) is 79.7 Å². The maximum Gasteiger partial charge on any atom is 0.0667 e. The van der Waals surface area contributed by atoms with Crippen LogP contribution in [-0.4, -0.2) is 13.7 Å². The standard InChI is InChI=1S/C54H35N3/c1-2-12-36(13-3-1)37-22-24-38(25-23-37)39-26-28-40(29-27-39)55-49-18-8-6-16-45(49)47-33-31-42(35-53(47)55)57-52-21-11-7-17-46(52)48-32-30-41(34-54(48)57)56-50-19-9-4-14-43(50)44-15-5-10-20-51(44)56/h1-35H/i1D,2D,3D,4D,5D,6D,7D,8D,9D,10D,11D,12D,13D,14D,15D,16D,17D,18D,19D,21D,22D,23D,24D,25D,26D,27D,28D,29D,30D,31D,32D,33D,34D,35D. The fourth-order valence-corrected chi connectivity index (χ4v) is 6.87. The molecule has 3 heteroatoms. The number of rotatable bonds is 5. The number of nitrogens with zero attached hydrogens (tertiary/aromatic N) is 3. The molecular formula is C54H35N3. The second-order valence-electron chi connectivity index (χ2n) is 12.3. The van der Waals surface area contributed by atoms with Gasteiger partial charge in [-0.2, -0.15) is 0 Å². The van der Waals surface area contributed by atoms with Gasteiger partial charge in [0.2, 0.25) is 0 Å². The highest BCUT2D eigenvalue weighted by Gasteiger charge is 2.19. The predicted molar refractivity (Wildman–Crippen MR) is 240 cm³/mol. The Morgan fingerprint density at radius 3 is 1.09 bits per heavy atom. The van der Waals surface area contributed by atoms with Crippen molar-refractivity contribution in [3.05, 3.63) is 212 Å². The van der Waals surface area contributed by atoms with E-state index < -0.39 is 299 Å². The molecule has 0 aliphatic rings. The molecule has 0 saturated carbocycles. The van der Waals surface area contributed by atoms with Gasteiger partial charge in [-0.05, 0) is 82.7 Å². The summed E-state index contributed by atoms with van der Waals surface area (Å²) in [5.74, 6) is 0. The topological polar surface area (TPSA) is 14.8 Å². The summed E-state index contributed by atoms with van der Waals surface area (Å²) < 4.78 is 311. The molecule has 3 aromatic heterocycles. The van der Waals surface area contributed by atoms with Crippen LogP contribution in [0.1, 0.15) is 46.6 Å². The van der Waals surface area contributed by atoms with Gasteiger partial charge in [-0.15, -0.1) is 0 Å². The zero-order chi connectivity index (χ0) is 67.0. The third-order valence-corrected chi connectivity index (χ3v) is 9.30. The summed E-state index contributed by atoms with van der Waals surface area (Å²) in [6.07, 6.45) is 0. The third-order valence-electron chi connectivity index (χ3n) is 9.30. The maximum atomic E-state index is 10.3. The van der Waals surface area contributed by atoms with Crippen LogP contribution >= 0.6 is 0 Å². The van der Waals surface area contributed by atoms with Crippen LogP contribution in [0.2, 0.25) is 0 Å². The summed E-state index contributed by atoms with van der Waals surface area (Å²) in [5, 5.41) is -3.41. The molecule has 0 spiro atoms. The van der Waals surface area contributed by atoms with Crippen molar-refractivity contribution < 1.29 is 46.6 Å². The van der Waals surface area contributed by atoms with E-state index >= 15 is 0 Å². The van der Waals surface area contributed by atoms with Crippen LogP contribution in [0.25, 0.3) is 105 Å². The summed E-state index contributed by atoms with van der Waals surface area (Å²) in [4.78, 5) is 0. The molecule has 0 aliphatic heterocycles. The van der Waals surface area contributed by atoms with E-state index in [9.17, 15) is 19.2 Å². The van der Waals surface area contributed by atoms with Crippen LogP contribution in [0.5, 0.6) is 0 Å². The van der Waals surface area contributed by atoms with Crippen molar-refractivity contribution >= 4 is 65.4 Å². The summed E-state index contributed by atoms with van der Waals surface area (Å²) in [5.41, 5.74) is -10.1. The molecule has 0 aliphatic carbocycles. The molecule has 12 rings (SSSR count). The lowest BCUT2D eigenvalue weighted by Crippen LogP contribution is -1.98. The number of para-hydroxylation sites is 4. The van der Waals surface area contributed by atoms with E-state index in [1.54, 1.807) is 0 Å². The van der Waals surface area contributed by atoms with E-state index in [1.807, 2.05) is 0 Å². The minimum absolute atomic E-state index is 0.364. The molecule has 9 aromatic carbocycles. The van der Waals surface area contributed by atoms with Crippen LogP contribution in [0, 0.1) is 0 Å². The van der Waals surface area contributed by atoms with Crippen molar-refractivity contribution in [3.63, 3.8) is 0 Å². The molecule has 0 N–H and O–H groups in total. The quantitative estimate of drug-likeness (QED) is 0.166. The van der Waals surface area contributed by atoms with Gasteiger partial charge in [0.1, 0.15) is 0 Å². The zero-order valence-corrected chi connectivity index (χ0v) is 28.4. The second kappa shape index (κ2) is 12.5. The van der Waals surface area contributed by atoms with Crippen LogP contribution < -0.4 is 0 Å². The van der Waals surface area contributed by atoms with Crippen LogP contribution in [0.4, 0.5) is 0 Å². The fraction of sp³-hybridized carbons (Fsp3) is 0. The first-order chi connectivity index (χ1) is 42.4.